The van der Waals surface area contributed by atoms with Crippen molar-refractivity contribution in [2.75, 3.05) is 19.7 Å². The Hall–Kier alpha value is -3.60. The number of benzene rings is 4. The fourth-order valence-corrected chi connectivity index (χ4v) is 5.12. The van der Waals surface area contributed by atoms with E-state index >= 15 is 0 Å². The van der Waals surface area contributed by atoms with E-state index in [1.165, 1.54) is 22.3 Å². The van der Waals surface area contributed by atoms with Gasteiger partial charge in [-0.2, -0.15) is 0 Å². The average molecular weight is 483 g/mol. The van der Waals surface area contributed by atoms with Crippen molar-refractivity contribution in [3.05, 3.63) is 119 Å². The van der Waals surface area contributed by atoms with Crippen molar-refractivity contribution in [3.63, 3.8) is 0 Å². The molecule has 0 fully saturated rings. The Morgan fingerprint density at radius 2 is 1.46 bits per heavy atom. The summed E-state index contributed by atoms with van der Waals surface area (Å²) in [5, 5.41) is 0.647. The van der Waals surface area contributed by atoms with Crippen molar-refractivity contribution < 1.29 is 9.53 Å². The van der Waals surface area contributed by atoms with Crippen LogP contribution in [-0.2, 0) is 11.3 Å². The maximum absolute atomic E-state index is 13.1. The third-order valence-electron chi connectivity index (χ3n) is 6.48. The maximum atomic E-state index is 13.1. The van der Waals surface area contributed by atoms with Crippen LogP contribution in [0.2, 0.25) is 5.02 Å². The van der Waals surface area contributed by atoms with Crippen LogP contribution in [-0.4, -0.2) is 30.7 Å². The molecule has 4 aromatic rings. The first kappa shape index (κ1) is 23.2. The molecule has 0 saturated heterocycles. The SMILES string of the molecule is NCCN(Cc1ccc(-c2ccccc2)c(Cl)c1)C(=O)OCC1c2ccccc2-c2ccccc21. The standard InChI is InChI=1S/C30H27ClN2O2/c31-29-18-21(14-15-23(29)22-8-2-1-3-9-22)19-33(17-16-32)30(34)35-20-28-26-12-6-4-10-24(26)25-11-5-7-13-27(25)28/h1-15,18,28H,16-17,19-20,32H2. The van der Waals surface area contributed by atoms with Gasteiger partial charge in [0.1, 0.15) is 6.61 Å². The smallest absolute Gasteiger partial charge is 0.410 e. The third kappa shape index (κ3) is 4.81. The molecule has 1 aliphatic carbocycles. The number of rotatable bonds is 7. The number of nitrogens with two attached hydrogens (primary N) is 1. The number of halogens is 1. The third-order valence-corrected chi connectivity index (χ3v) is 6.80. The molecule has 0 unspecified atom stereocenters. The number of hydrogen-bond acceptors (Lipinski definition) is 3. The molecule has 0 saturated carbocycles. The minimum atomic E-state index is -0.374. The van der Waals surface area contributed by atoms with Crippen molar-refractivity contribution in [3.8, 4) is 22.3 Å². The highest BCUT2D eigenvalue weighted by Gasteiger charge is 2.29. The van der Waals surface area contributed by atoms with E-state index in [4.69, 9.17) is 22.1 Å². The Bertz CT molecular complexity index is 1290. The molecule has 0 bridgehead atoms. The summed E-state index contributed by atoms with van der Waals surface area (Å²) in [4.78, 5) is 14.7. The number of ether oxygens (including phenoxy) is 1. The van der Waals surface area contributed by atoms with Gasteiger partial charge in [0.05, 0.1) is 0 Å². The molecule has 0 radical (unpaired) electrons. The lowest BCUT2D eigenvalue weighted by Crippen LogP contribution is -2.36. The minimum absolute atomic E-state index is 0.0191. The Morgan fingerprint density at radius 1 is 0.829 bits per heavy atom. The van der Waals surface area contributed by atoms with E-state index in [0.29, 0.717) is 24.7 Å². The van der Waals surface area contributed by atoms with Gasteiger partial charge in [0, 0.05) is 36.1 Å². The molecule has 0 aromatic heterocycles. The number of carbonyl (C=O) groups excluding carboxylic acids is 1. The van der Waals surface area contributed by atoms with E-state index in [1.807, 2.05) is 72.8 Å². The van der Waals surface area contributed by atoms with Crippen molar-refractivity contribution >= 4 is 17.7 Å². The minimum Gasteiger partial charge on any atom is -0.448 e. The first-order valence-corrected chi connectivity index (χ1v) is 12.2. The monoisotopic (exact) mass is 482 g/mol. The van der Waals surface area contributed by atoms with Gasteiger partial charge < -0.3 is 15.4 Å². The predicted octanol–water partition coefficient (Wildman–Crippen LogP) is 6.72. The molecular weight excluding hydrogens is 456 g/mol. The second-order valence-corrected chi connectivity index (χ2v) is 9.10. The molecule has 0 atom stereocenters. The summed E-state index contributed by atoms with van der Waals surface area (Å²) in [6.45, 7) is 1.40. The molecule has 4 aromatic carbocycles. The zero-order chi connectivity index (χ0) is 24.2. The van der Waals surface area contributed by atoms with Crippen LogP contribution in [0.1, 0.15) is 22.6 Å². The van der Waals surface area contributed by atoms with Gasteiger partial charge in [-0.3, -0.25) is 0 Å². The summed E-state index contributed by atoms with van der Waals surface area (Å²) in [5.41, 5.74) is 13.6. The van der Waals surface area contributed by atoms with Crippen LogP contribution < -0.4 is 5.73 Å². The molecule has 1 aliphatic rings. The first-order chi connectivity index (χ1) is 17.2. The van der Waals surface area contributed by atoms with Gasteiger partial charge in [-0.05, 0) is 39.4 Å². The van der Waals surface area contributed by atoms with Crippen molar-refractivity contribution in [1.82, 2.24) is 4.90 Å². The molecule has 0 aliphatic heterocycles. The normalized spacial score (nSPS) is 12.2. The molecule has 5 rings (SSSR count). The van der Waals surface area contributed by atoms with Gasteiger partial charge in [-0.25, -0.2) is 4.79 Å². The van der Waals surface area contributed by atoms with E-state index in [0.717, 1.165) is 16.7 Å². The largest absolute Gasteiger partial charge is 0.448 e. The summed E-state index contributed by atoms with van der Waals surface area (Å²) in [6.07, 6.45) is -0.374. The van der Waals surface area contributed by atoms with Crippen LogP contribution in [0.15, 0.2) is 97.1 Å². The lowest BCUT2D eigenvalue weighted by atomic mass is 9.98. The van der Waals surface area contributed by atoms with Crippen LogP contribution in [0.5, 0.6) is 0 Å². The van der Waals surface area contributed by atoms with Gasteiger partial charge in [-0.15, -0.1) is 0 Å². The molecule has 35 heavy (non-hydrogen) atoms. The second-order valence-electron chi connectivity index (χ2n) is 8.69. The molecular formula is C30H27ClN2O2. The van der Waals surface area contributed by atoms with Crippen LogP contribution >= 0.6 is 11.6 Å². The van der Waals surface area contributed by atoms with Crippen LogP contribution in [0.3, 0.4) is 0 Å². The highest BCUT2D eigenvalue weighted by molar-refractivity contribution is 6.33. The molecule has 4 nitrogen and oxygen atoms in total. The quantitative estimate of drug-likeness (QED) is 0.318. The number of hydrogen-bond donors (Lipinski definition) is 1. The van der Waals surface area contributed by atoms with E-state index in [-0.39, 0.29) is 18.6 Å². The highest BCUT2D eigenvalue weighted by atomic mass is 35.5. The van der Waals surface area contributed by atoms with Crippen LogP contribution in [0, 0.1) is 0 Å². The molecule has 0 heterocycles. The molecule has 1 amide bonds. The Balaban J connectivity index is 1.30. The highest BCUT2D eigenvalue weighted by Crippen LogP contribution is 2.44. The summed E-state index contributed by atoms with van der Waals surface area (Å²) < 4.78 is 5.85. The fraction of sp³-hybridized carbons (Fsp3) is 0.167. The second kappa shape index (κ2) is 10.3. The van der Waals surface area contributed by atoms with E-state index in [9.17, 15) is 4.79 Å². The van der Waals surface area contributed by atoms with Crippen molar-refractivity contribution in [2.24, 2.45) is 5.73 Å². The Labute approximate surface area is 210 Å². The summed E-state index contributed by atoms with van der Waals surface area (Å²) >= 11 is 6.59. The van der Waals surface area contributed by atoms with E-state index < -0.39 is 0 Å². The number of carbonyl (C=O) groups is 1. The van der Waals surface area contributed by atoms with E-state index in [2.05, 4.69) is 24.3 Å². The summed E-state index contributed by atoms with van der Waals surface area (Å²) in [6, 6.07) is 32.5. The lowest BCUT2D eigenvalue weighted by molar-refractivity contribution is 0.0982. The van der Waals surface area contributed by atoms with Gasteiger partial charge in [0.2, 0.25) is 0 Å². The molecule has 0 spiro atoms. The van der Waals surface area contributed by atoms with Crippen LogP contribution in [0.4, 0.5) is 4.79 Å². The van der Waals surface area contributed by atoms with Crippen molar-refractivity contribution in [2.45, 2.75) is 12.5 Å². The van der Waals surface area contributed by atoms with Crippen molar-refractivity contribution in [1.29, 1.82) is 0 Å². The predicted molar refractivity (Wildman–Crippen MR) is 141 cm³/mol. The van der Waals surface area contributed by atoms with Crippen LogP contribution in [0.25, 0.3) is 22.3 Å². The summed E-state index contributed by atoms with van der Waals surface area (Å²) in [7, 11) is 0. The average Bonchev–Trinajstić information content (AvgIpc) is 3.21. The van der Waals surface area contributed by atoms with Gasteiger partial charge in [-0.1, -0.05) is 103 Å². The zero-order valence-electron chi connectivity index (χ0n) is 19.4. The van der Waals surface area contributed by atoms with Gasteiger partial charge >= 0.3 is 6.09 Å². The molecule has 2 N–H and O–H groups in total. The topological polar surface area (TPSA) is 55.6 Å². The number of fused-ring (bicyclic) bond motifs is 3. The number of nitrogens with zero attached hydrogens (tertiary/aromatic N) is 1. The Kier molecular flexibility index (Phi) is 6.84. The molecule has 176 valence electrons. The van der Waals surface area contributed by atoms with Gasteiger partial charge in [0.25, 0.3) is 0 Å². The van der Waals surface area contributed by atoms with Gasteiger partial charge in [0.15, 0.2) is 0 Å². The first-order valence-electron chi connectivity index (χ1n) is 11.8. The Morgan fingerprint density at radius 3 is 2.09 bits per heavy atom. The molecule has 5 heteroatoms. The zero-order valence-corrected chi connectivity index (χ0v) is 20.1. The lowest BCUT2D eigenvalue weighted by Gasteiger charge is -2.23. The fourth-order valence-electron chi connectivity index (χ4n) is 4.81. The van der Waals surface area contributed by atoms with E-state index in [1.54, 1.807) is 4.90 Å². The maximum Gasteiger partial charge on any atom is 0.410 e. The summed E-state index contributed by atoms with van der Waals surface area (Å²) in [5.74, 6) is 0.0191. The number of amides is 1.